The quantitative estimate of drug-likeness (QED) is 0.384. The number of rotatable bonds is 2. The second-order valence-electron chi connectivity index (χ2n) is 3.94. The molecule has 1 aromatic rings. The van der Waals surface area contributed by atoms with Crippen molar-refractivity contribution in [2.24, 2.45) is 0 Å². The van der Waals surface area contributed by atoms with Gasteiger partial charge in [0, 0.05) is 6.07 Å². The molecule has 15 heavy (non-hydrogen) atoms. The van der Waals surface area contributed by atoms with Crippen molar-refractivity contribution in [3.8, 4) is 5.75 Å². The molecule has 1 N–H and O–H groups in total. The van der Waals surface area contributed by atoms with Crippen LogP contribution in [0, 0.1) is 10.1 Å². The van der Waals surface area contributed by atoms with Gasteiger partial charge in [0.2, 0.25) is 0 Å². The predicted molar refractivity (Wildman–Crippen MR) is 54.3 cm³/mol. The van der Waals surface area contributed by atoms with E-state index < -0.39 is 4.92 Å². The third kappa shape index (κ3) is 3.07. The van der Waals surface area contributed by atoms with Crippen molar-refractivity contribution in [3.63, 3.8) is 0 Å². The van der Waals surface area contributed by atoms with Gasteiger partial charge in [0.1, 0.15) is 5.69 Å². The number of phenols is 1. The summed E-state index contributed by atoms with van der Waals surface area (Å²) >= 11 is 0. The van der Waals surface area contributed by atoms with E-state index in [4.69, 9.17) is 0 Å². The second kappa shape index (κ2) is 4.46. The van der Waals surface area contributed by atoms with Gasteiger partial charge in [0.25, 0.3) is 0 Å². The van der Waals surface area contributed by atoms with Crippen LogP contribution < -0.4 is 16.9 Å². The number of phenolic OH excluding ortho intramolecular Hbond substituents is 1. The summed E-state index contributed by atoms with van der Waals surface area (Å²) in [7, 11) is 5.70. The van der Waals surface area contributed by atoms with E-state index in [1.165, 1.54) is 12.1 Å². The first-order chi connectivity index (χ1) is 6.32. The average molecular weight is 233 g/mol. The topological polar surface area (TPSA) is 63.4 Å². The van der Waals surface area contributed by atoms with Gasteiger partial charge in [-0.1, -0.05) is 0 Å². The number of benzene rings is 1. The van der Waals surface area contributed by atoms with E-state index in [1.54, 1.807) is 6.07 Å². The maximum Gasteiger partial charge on any atom is 0.316 e. The second-order valence-corrected chi connectivity index (χ2v) is 3.94. The molecule has 5 nitrogen and oxygen atoms in total. The highest BCUT2D eigenvalue weighted by atomic mass is 35.5. The smallest absolute Gasteiger partial charge is 0.316 e. The summed E-state index contributed by atoms with van der Waals surface area (Å²) in [5, 5.41) is 19.8. The zero-order chi connectivity index (χ0) is 10.9. The molecule has 6 heteroatoms. The van der Waals surface area contributed by atoms with Gasteiger partial charge in [0.05, 0.1) is 32.1 Å². The Morgan fingerprint density at radius 2 is 1.87 bits per heavy atom. The molecule has 0 fully saturated rings. The van der Waals surface area contributed by atoms with Crippen LogP contribution in [-0.4, -0.2) is 31.2 Å². The average Bonchev–Trinajstić information content (AvgIpc) is 2.02. The van der Waals surface area contributed by atoms with E-state index in [1.807, 2.05) is 21.1 Å². The molecule has 0 unspecified atom stereocenters. The summed E-state index contributed by atoms with van der Waals surface area (Å²) in [4.78, 5) is 9.95. The Bertz CT molecular complexity index is 374. The fraction of sp³-hybridized carbons (Fsp3) is 0.333. The Morgan fingerprint density at radius 1 is 1.33 bits per heavy atom. The maximum atomic E-state index is 10.5. The Kier molecular flexibility index (Phi) is 4.06. The number of hydrogen-bond acceptors (Lipinski definition) is 3. The van der Waals surface area contributed by atoms with Gasteiger partial charge in [-0.15, -0.1) is 0 Å². The standard InChI is InChI=1S/C9H12N2O3.ClH/c1-11(2,3)7-4-5-9(12)8(6-7)10(13)14;/h4-6H,1-3H3;1H. The zero-order valence-electron chi connectivity index (χ0n) is 8.77. The Balaban J connectivity index is 0.00000196. The largest absolute Gasteiger partial charge is 1.00 e. The van der Waals surface area contributed by atoms with Crippen molar-refractivity contribution in [3.05, 3.63) is 28.3 Å². The molecule has 0 atom stereocenters. The van der Waals surface area contributed by atoms with Crippen molar-refractivity contribution in [2.45, 2.75) is 0 Å². The van der Waals surface area contributed by atoms with Gasteiger partial charge in [-0.2, -0.15) is 0 Å². The molecule has 0 radical (unpaired) electrons. The minimum atomic E-state index is -0.589. The van der Waals surface area contributed by atoms with Gasteiger partial charge < -0.3 is 17.5 Å². The van der Waals surface area contributed by atoms with Gasteiger partial charge in [-0.25, -0.2) is 0 Å². The van der Waals surface area contributed by atoms with Gasteiger partial charge in [-0.3, -0.25) is 14.6 Å². The monoisotopic (exact) mass is 232 g/mol. The number of nitro benzene ring substituents is 1. The molecule has 0 aliphatic carbocycles. The molecule has 84 valence electrons. The van der Waals surface area contributed by atoms with Crippen LogP contribution in [0.3, 0.4) is 0 Å². The van der Waals surface area contributed by atoms with Crippen LogP contribution in [-0.2, 0) is 0 Å². The van der Waals surface area contributed by atoms with Crippen LogP contribution in [0.25, 0.3) is 0 Å². The number of quaternary nitrogens is 1. The molecule has 0 saturated carbocycles. The van der Waals surface area contributed by atoms with Crippen LogP contribution in [0.5, 0.6) is 5.75 Å². The van der Waals surface area contributed by atoms with Crippen LogP contribution in [0.1, 0.15) is 0 Å². The number of halogens is 1. The third-order valence-electron chi connectivity index (χ3n) is 1.93. The van der Waals surface area contributed by atoms with Crippen molar-refractivity contribution in [1.29, 1.82) is 0 Å². The highest BCUT2D eigenvalue weighted by Crippen LogP contribution is 2.31. The zero-order valence-corrected chi connectivity index (χ0v) is 9.52. The Morgan fingerprint density at radius 3 is 2.27 bits per heavy atom. The van der Waals surface area contributed by atoms with E-state index in [-0.39, 0.29) is 23.8 Å². The highest BCUT2D eigenvalue weighted by Gasteiger charge is 2.20. The van der Waals surface area contributed by atoms with Crippen LogP contribution in [0.4, 0.5) is 11.4 Å². The molecule has 0 heterocycles. The van der Waals surface area contributed by atoms with E-state index in [2.05, 4.69) is 0 Å². The Labute approximate surface area is 94.1 Å². The molecular formula is C9H13ClN2O3. The number of aromatic hydroxyl groups is 1. The summed E-state index contributed by atoms with van der Waals surface area (Å²) in [6.07, 6.45) is 0. The minimum absolute atomic E-state index is 0. The number of nitro groups is 1. The molecule has 1 aromatic carbocycles. The van der Waals surface area contributed by atoms with E-state index >= 15 is 0 Å². The normalized spacial score (nSPS) is 10.6. The lowest BCUT2D eigenvalue weighted by Gasteiger charge is -2.22. The molecule has 0 amide bonds. The minimum Gasteiger partial charge on any atom is -1.00 e. The number of hydrogen-bond donors (Lipinski definition) is 1. The third-order valence-corrected chi connectivity index (χ3v) is 1.93. The first-order valence-electron chi connectivity index (χ1n) is 4.12. The maximum absolute atomic E-state index is 10.5. The van der Waals surface area contributed by atoms with Gasteiger partial charge >= 0.3 is 5.69 Å². The lowest BCUT2D eigenvalue weighted by atomic mass is 10.2. The molecule has 0 aliphatic heterocycles. The first-order valence-corrected chi connectivity index (χ1v) is 4.12. The molecule has 0 bridgehead atoms. The summed E-state index contributed by atoms with van der Waals surface area (Å²) in [5.41, 5.74) is 0.519. The Hall–Kier alpha value is -1.33. The summed E-state index contributed by atoms with van der Waals surface area (Å²) < 4.78 is 0.473. The van der Waals surface area contributed by atoms with E-state index in [9.17, 15) is 15.2 Å². The molecule has 0 spiro atoms. The lowest BCUT2D eigenvalue weighted by Crippen LogP contribution is -3.00. The lowest BCUT2D eigenvalue weighted by molar-refractivity contribution is -0.385. The van der Waals surface area contributed by atoms with Crippen LogP contribution in [0.15, 0.2) is 18.2 Å². The van der Waals surface area contributed by atoms with Crippen molar-refractivity contribution < 1.29 is 22.4 Å². The molecule has 1 rings (SSSR count). The fourth-order valence-electron chi connectivity index (χ4n) is 1.08. The van der Waals surface area contributed by atoms with Crippen molar-refractivity contribution >= 4 is 11.4 Å². The van der Waals surface area contributed by atoms with E-state index in [0.29, 0.717) is 4.48 Å². The number of nitrogens with zero attached hydrogens (tertiary/aromatic N) is 2. The van der Waals surface area contributed by atoms with Gasteiger partial charge in [-0.05, 0) is 6.07 Å². The predicted octanol–water partition coefficient (Wildman–Crippen LogP) is -1.50. The molecule has 0 aliphatic rings. The highest BCUT2D eigenvalue weighted by molar-refractivity contribution is 5.56. The fourth-order valence-corrected chi connectivity index (χ4v) is 1.08. The van der Waals surface area contributed by atoms with Crippen LogP contribution >= 0.6 is 0 Å². The van der Waals surface area contributed by atoms with Crippen LogP contribution in [0.2, 0.25) is 0 Å². The summed E-state index contributed by atoms with van der Waals surface area (Å²) in [5.74, 6) is -0.299. The van der Waals surface area contributed by atoms with Crippen molar-refractivity contribution in [1.82, 2.24) is 4.48 Å². The molecule has 0 aromatic heterocycles. The van der Waals surface area contributed by atoms with Gasteiger partial charge in [0.15, 0.2) is 5.75 Å². The first kappa shape index (κ1) is 13.7. The SMILES string of the molecule is C[N+](C)(C)c1ccc(O)c([N+](=O)[O-])c1.[Cl-]. The summed E-state index contributed by atoms with van der Waals surface area (Å²) in [6.45, 7) is 0. The van der Waals surface area contributed by atoms with Crippen molar-refractivity contribution in [2.75, 3.05) is 21.1 Å². The molecular weight excluding hydrogens is 220 g/mol. The summed E-state index contributed by atoms with van der Waals surface area (Å²) in [6, 6.07) is 4.40. The molecule has 0 saturated heterocycles. The van der Waals surface area contributed by atoms with E-state index in [0.717, 1.165) is 5.69 Å².